The fourth-order valence-corrected chi connectivity index (χ4v) is 0.973. The van der Waals surface area contributed by atoms with Crippen molar-refractivity contribution in [3.8, 4) is 0 Å². The van der Waals surface area contributed by atoms with Crippen LogP contribution in [0.2, 0.25) is 0 Å². The number of aliphatic carboxylic acids is 1. The molecule has 8 nitrogen and oxygen atoms in total. The Morgan fingerprint density at radius 3 is 2.47 bits per heavy atom. The average molecular weight is 247 g/mol. The molecule has 0 bridgehead atoms. The van der Waals surface area contributed by atoms with Crippen LogP contribution in [0.5, 0.6) is 0 Å². The van der Waals surface area contributed by atoms with E-state index >= 15 is 0 Å². The van der Waals surface area contributed by atoms with Gasteiger partial charge in [0, 0.05) is 20.7 Å². The first-order chi connectivity index (χ1) is 8.01. The molecule has 0 aromatic rings. The van der Waals surface area contributed by atoms with Gasteiger partial charge in [-0.15, -0.1) is 0 Å². The third-order valence-corrected chi connectivity index (χ3v) is 1.86. The molecule has 8 heteroatoms. The summed E-state index contributed by atoms with van der Waals surface area (Å²) in [4.78, 5) is 34.0. The van der Waals surface area contributed by atoms with Crippen molar-refractivity contribution >= 4 is 17.9 Å². The number of methoxy groups -OCH3 is 1. The van der Waals surface area contributed by atoms with Crippen molar-refractivity contribution in [3.63, 3.8) is 0 Å². The number of carbonyl (C=O) groups is 3. The van der Waals surface area contributed by atoms with Crippen molar-refractivity contribution in [2.45, 2.75) is 0 Å². The number of amides is 3. The first-order valence-electron chi connectivity index (χ1n) is 4.95. The van der Waals surface area contributed by atoms with Gasteiger partial charge < -0.3 is 25.4 Å². The maximum atomic E-state index is 11.5. The van der Waals surface area contributed by atoms with Gasteiger partial charge in [-0.1, -0.05) is 0 Å². The van der Waals surface area contributed by atoms with Crippen LogP contribution in [0.25, 0.3) is 0 Å². The van der Waals surface area contributed by atoms with Crippen LogP contribution in [-0.4, -0.2) is 68.3 Å². The number of carboxylic acid groups (broad SMARTS) is 1. The number of hydrogen-bond acceptors (Lipinski definition) is 4. The lowest BCUT2D eigenvalue weighted by molar-refractivity contribution is -0.137. The van der Waals surface area contributed by atoms with E-state index in [9.17, 15) is 14.4 Å². The first-order valence-corrected chi connectivity index (χ1v) is 4.95. The zero-order chi connectivity index (χ0) is 13.3. The number of carboxylic acids is 1. The Kier molecular flexibility index (Phi) is 7.44. The SMILES string of the molecule is CNC(=O)CNC(=O)N(CCOC)CC(=O)O. The summed E-state index contributed by atoms with van der Waals surface area (Å²) in [6.45, 7) is -0.273. The molecular formula is C9H17N3O5. The minimum absolute atomic E-state index is 0.141. The summed E-state index contributed by atoms with van der Waals surface area (Å²) in [7, 11) is 2.88. The van der Waals surface area contributed by atoms with Gasteiger partial charge in [0.25, 0.3) is 0 Å². The highest BCUT2D eigenvalue weighted by atomic mass is 16.5. The monoisotopic (exact) mass is 247 g/mol. The highest BCUT2D eigenvalue weighted by Crippen LogP contribution is 1.90. The van der Waals surface area contributed by atoms with Gasteiger partial charge in [0.15, 0.2) is 0 Å². The van der Waals surface area contributed by atoms with Crippen molar-refractivity contribution < 1.29 is 24.2 Å². The van der Waals surface area contributed by atoms with Crippen LogP contribution >= 0.6 is 0 Å². The minimum atomic E-state index is -1.13. The van der Waals surface area contributed by atoms with Crippen LogP contribution < -0.4 is 10.6 Å². The zero-order valence-corrected chi connectivity index (χ0v) is 9.86. The highest BCUT2D eigenvalue weighted by Gasteiger charge is 2.16. The van der Waals surface area contributed by atoms with E-state index in [0.29, 0.717) is 0 Å². The van der Waals surface area contributed by atoms with E-state index in [1.165, 1.54) is 14.2 Å². The summed E-state index contributed by atoms with van der Waals surface area (Å²) in [5.74, 6) is -1.49. The lowest BCUT2D eigenvalue weighted by atomic mass is 10.5. The molecule has 0 saturated carbocycles. The van der Waals surface area contributed by atoms with Gasteiger partial charge in [0.1, 0.15) is 6.54 Å². The Morgan fingerprint density at radius 1 is 1.35 bits per heavy atom. The molecule has 17 heavy (non-hydrogen) atoms. The number of nitrogens with zero attached hydrogens (tertiary/aromatic N) is 1. The third-order valence-electron chi connectivity index (χ3n) is 1.86. The maximum absolute atomic E-state index is 11.5. The van der Waals surface area contributed by atoms with Gasteiger partial charge in [0.05, 0.1) is 13.2 Å². The summed E-state index contributed by atoms with van der Waals surface area (Å²) < 4.78 is 4.76. The predicted molar refractivity (Wildman–Crippen MR) is 58.6 cm³/mol. The number of rotatable bonds is 7. The molecule has 3 amide bonds. The van der Waals surface area contributed by atoms with Gasteiger partial charge in [0.2, 0.25) is 5.91 Å². The smallest absolute Gasteiger partial charge is 0.323 e. The molecule has 0 heterocycles. The van der Waals surface area contributed by atoms with E-state index in [4.69, 9.17) is 9.84 Å². The molecule has 0 aromatic carbocycles. The van der Waals surface area contributed by atoms with E-state index in [2.05, 4.69) is 10.6 Å². The molecule has 0 saturated heterocycles. The summed E-state index contributed by atoms with van der Waals surface area (Å²) in [5.41, 5.74) is 0. The summed E-state index contributed by atoms with van der Waals surface area (Å²) in [6.07, 6.45) is 0. The highest BCUT2D eigenvalue weighted by molar-refractivity contribution is 5.85. The second-order valence-electron chi connectivity index (χ2n) is 3.14. The Bertz CT molecular complexity index is 282. The van der Waals surface area contributed by atoms with Crippen LogP contribution in [0, 0.1) is 0 Å². The van der Waals surface area contributed by atoms with Gasteiger partial charge in [-0.05, 0) is 0 Å². The lowest BCUT2D eigenvalue weighted by Crippen LogP contribution is -2.46. The lowest BCUT2D eigenvalue weighted by Gasteiger charge is -2.20. The number of ether oxygens (including phenoxy) is 1. The van der Waals surface area contributed by atoms with Gasteiger partial charge in [-0.25, -0.2) is 4.79 Å². The van der Waals surface area contributed by atoms with Gasteiger partial charge in [-0.3, -0.25) is 9.59 Å². The van der Waals surface area contributed by atoms with Crippen molar-refractivity contribution in [2.75, 3.05) is 40.4 Å². The van der Waals surface area contributed by atoms with E-state index in [1.54, 1.807) is 0 Å². The van der Waals surface area contributed by atoms with Crippen LogP contribution in [0.3, 0.4) is 0 Å². The molecule has 0 atom stereocenters. The summed E-state index contributed by atoms with van der Waals surface area (Å²) in [5, 5.41) is 13.2. The first kappa shape index (κ1) is 15.2. The van der Waals surface area contributed by atoms with Crippen LogP contribution in [-0.2, 0) is 14.3 Å². The maximum Gasteiger partial charge on any atom is 0.323 e. The molecule has 0 aliphatic rings. The Balaban J connectivity index is 4.20. The number of nitrogens with one attached hydrogen (secondary N) is 2. The van der Waals surface area contributed by atoms with E-state index in [0.717, 1.165) is 4.90 Å². The molecule has 0 spiro atoms. The average Bonchev–Trinajstić information content (AvgIpc) is 2.30. The molecule has 0 unspecified atom stereocenters. The molecule has 0 aromatic heterocycles. The minimum Gasteiger partial charge on any atom is -0.480 e. The van der Waals surface area contributed by atoms with Crippen LogP contribution in [0.4, 0.5) is 4.79 Å². The quantitative estimate of drug-likeness (QED) is 0.506. The Morgan fingerprint density at radius 2 is 2.00 bits per heavy atom. The van der Waals surface area contributed by atoms with Gasteiger partial charge >= 0.3 is 12.0 Å². The van der Waals surface area contributed by atoms with Crippen molar-refractivity contribution in [3.05, 3.63) is 0 Å². The molecule has 0 rings (SSSR count). The van der Waals surface area contributed by atoms with E-state index in [1.807, 2.05) is 0 Å². The molecule has 3 N–H and O–H groups in total. The molecule has 0 fully saturated rings. The van der Waals surface area contributed by atoms with Crippen LogP contribution in [0.15, 0.2) is 0 Å². The van der Waals surface area contributed by atoms with Crippen LogP contribution in [0.1, 0.15) is 0 Å². The second kappa shape index (κ2) is 8.34. The van der Waals surface area contributed by atoms with Crippen molar-refractivity contribution in [1.82, 2.24) is 15.5 Å². The third kappa shape index (κ3) is 7.12. The molecule has 0 aliphatic carbocycles. The number of carbonyl (C=O) groups excluding carboxylic acids is 2. The van der Waals surface area contributed by atoms with Crippen molar-refractivity contribution in [2.24, 2.45) is 0 Å². The standard InChI is InChI=1S/C9H17N3O5/c1-10-7(13)5-11-9(16)12(3-4-17-2)6-8(14)15/h3-6H2,1-2H3,(H,10,13)(H,11,16)(H,14,15). The number of urea groups is 1. The summed E-state index contributed by atoms with van der Waals surface area (Å²) >= 11 is 0. The normalized spacial score (nSPS) is 9.53. The zero-order valence-electron chi connectivity index (χ0n) is 9.86. The topological polar surface area (TPSA) is 108 Å². The Hall–Kier alpha value is -1.83. The largest absolute Gasteiger partial charge is 0.480 e. The van der Waals surface area contributed by atoms with E-state index < -0.39 is 18.5 Å². The molecular weight excluding hydrogens is 230 g/mol. The predicted octanol–water partition coefficient (Wildman–Crippen LogP) is -1.52. The fraction of sp³-hybridized carbons (Fsp3) is 0.667. The Labute approximate surface area is 98.9 Å². The second-order valence-corrected chi connectivity index (χ2v) is 3.14. The van der Waals surface area contributed by atoms with E-state index in [-0.39, 0.29) is 25.6 Å². The fourth-order valence-electron chi connectivity index (χ4n) is 0.973. The van der Waals surface area contributed by atoms with Gasteiger partial charge in [-0.2, -0.15) is 0 Å². The molecule has 98 valence electrons. The van der Waals surface area contributed by atoms with Crippen molar-refractivity contribution in [1.29, 1.82) is 0 Å². The number of hydrogen-bond donors (Lipinski definition) is 3. The summed E-state index contributed by atoms with van der Waals surface area (Å²) in [6, 6.07) is -0.618. The molecule has 0 radical (unpaired) electrons. The number of likely N-dealkylation sites (N-methyl/N-ethyl adjacent to an activating group) is 1. The molecule has 0 aliphatic heterocycles.